The highest BCUT2D eigenvalue weighted by Gasteiger charge is 2.15. The summed E-state index contributed by atoms with van der Waals surface area (Å²) in [6.45, 7) is 8.58. The number of hydrogen-bond donors (Lipinski definition) is 2. The largest absolute Gasteiger partial charge is 0.457 e. The first kappa shape index (κ1) is 15.0. The number of aromatic nitrogens is 1. The molecule has 0 aliphatic heterocycles. The Hall–Kier alpha value is -2.36. The van der Waals surface area contributed by atoms with Crippen LogP contribution in [0, 0.1) is 12.3 Å². The SMILES string of the molecule is Cc1cc(C(C)(C)C)ccc1Oc1ccnc(C(=N)N)c1. The van der Waals surface area contributed by atoms with Gasteiger partial charge in [-0.05, 0) is 35.6 Å². The van der Waals surface area contributed by atoms with E-state index in [1.54, 1.807) is 18.3 Å². The van der Waals surface area contributed by atoms with Gasteiger partial charge in [-0.3, -0.25) is 10.4 Å². The van der Waals surface area contributed by atoms with E-state index in [0.29, 0.717) is 11.4 Å². The predicted molar refractivity (Wildman–Crippen MR) is 85.2 cm³/mol. The molecule has 0 unspecified atom stereocenters. The third-order valence-electron chi connectivity index (χ3n) is 3.28. The van der Waals surface area contributed by atoms with Crippen LogP contribution < -0.4 is 10.5 Å². The van der Waals surface area contributed by atoms with Crippen molar-refractivity contribution < 1.29 is 4.74 Å². The lowest BCUT2D eigenvalue weighted by Gasteiger charge is -2.20. The minimum atomic E-state index is -0.0692. The monoisotopic (exact) mass is 283 g/mol. The number of rotatable bonds is 3. The number of aryl methyl sites for hydroxylation is 1. The molecule has 4 heteroatoms. The average Bonchev–Trinajstić information content (AvgIpc) is 2.40. The molecule has 0 bridgehead atoms. The fourth-order valence-electron chi connectivity index (χ4n) is 1.98. The van der Waals surface area contributed by atoms with Crippen molar-refractivity contribution in [3.8, 4) is 11.5 Å². The number of nitrogens with zero attached hydrogens (tertiary/aromatic N) is 1. The van der Waals surface area contributed by atoms with Crippen molar-refractivity contribution in [3.05, 3.63) is 53.3 Å². The van der Waals surface area contributed by atoms with Crippen LogP contribution in [0.1, 0.15) is 37.6 Å². The number of nitrogens with one attached hydrogen (secondary N) is 1. The summed E-state index contributed by atoms with van der Waals surface area (Å²) in [4.78, 5) is 4.02. The van der Waals surface area contributed by atoms with Gasteiger partial charge < -0.3 is 10.5 Å². The Balaban J connectivity index is 2.28. The van der Waals surface area contributed by atoms with E-state index >= 15 is 0 Å². The van der Waals surface area contributed by atoms with Crippen LogP contribution in [-0.2, 0) is 5.41 Å². The Bertz CT molecular complexity index is 672. The fourth-order valence-corrected chi connectivity index (χ4v) is 1.98. The number of pyridine rings is 1. The second kappa shape index (κ2) is 5.56. The van der Waals surface area contributed by atoms with Gasteiger partial charge in [0.2, 0.25) is 0 Å². The molecule has 0 radical (unpaired) electrons. The van der Waals surface area contributed by atoms with Gasteiger partial charge in [0.15, 0.2) is 0 Å². The Kier molecular flexibility index (Phi) is 3.98. The molecule has 21 heavy (non-hydrogen) atoms. The molecule has 1 aromatic heterocycles. The lowest BCUT2D eigenvalue weighted by atomic mass is 9.86. The molecule has 1 heterocycles. The van der Waals surface area contributed by atoms with Crippen molar-refractivity contribution in [2.24, 2.45) is 5.73 Å². The second-order valence-electron chi connectivity index (χ2n) is 6.12. The van der Waals surface area contributed by atoms with Gasteiger partial charge in [-0.1, -0.05) is 32.9 Å². The van der Waals surface area contributed by atoms with E-state index < -0.39 is 0 Å². The van der Waals surface area contributed by atoms with Gasteiger partial charge in [-0.25, -0.2) is 0 Å². The number of nitrogen functional groups attached to an aromatic ring is 1. The van der Waals surface area contributed by atoms with Gasteiger partial charge in [-0.15, -0.1) is 0 Å². The standard InChI is InChI=1S/C17H21N3O/c1-11-9-12(17(2,3)4)5-6-15(11)21-13-7-8-20-14(10-13)16(18)19/h5-10H,1-4H3,(H3,18,19). The van der Waals surface area contributed by atoms with Gasteiger partial charge >= 0.3 is 0 Å². The van der Waals surface area contributed by atoms with Gasteiger partial charge in [0.1, 0.15) is 23.0 Å². The van der Waals surface area contributed by atoms with E-state index in [4.69, 9.17) is 15.9 Å². The fraction of sp³-hybridized carbons (Fsp3) is 0.294. The Morgan fingerprint density at radius 2 is 1.90 bits per heavy atom. The highest BCUT2D eigenvalue weighted by Crippen LogP contribution is 2.30. The van der Waals surface area contributed by atoms with Crippen molar-refractivity contribution >= 4 is 5.84 Å². The van der Waals surface area contributed by atoms with Crippen LogP contribution in [-0.4, -0.2) is 10.8 Å². The third kappa shape index (κ3) is 3.60. The highest BCUT2D eigenvalue weighted by molar-refractivity contribution is 5.93. The lowest BCUT2D eigenvalue weighted by Crippen LogP contribution is -2.12. The van der Waals surface area contributed by atoms with Crippen LogP contribution in [0.3, 0.4) is 0 Å². The number of ether oxygens (including phenoxy) is 1. The maximum atomic E-state index is 7.41. The van der Waals surface area contributed by atoms with Gasteiger partial charge in [-0.2, -0.15) is 0 Å². The molecule has 0 amide bonds. The number of benzene rings is 1. The first-order valence-electron chi connectivity index (χ1n) is 6.87. The summed E-state index contributed by atoms with van der Waals surface area (Å²) >= 11 is 0. The molecule has 2 aromatic rings. The molecule has 0 aliphatic rings. The molecular formula is C17H21N3O. The van der Waals surface area contributed by atoms with Crippen LogP contribution in [0.5, 0.6) is 11.5 Å². The van der Waals surface area contributed by atoms with Crippen molar-refractivity contribution in [3.63, 3.8) is 0 Å². The molecule has 2 rings (SSSR count). The number of amidine groups is 1. The topological polar surface area (TPSA) is 72.0 Å². The van der Waals surface area contributed by atoms with E-state index in [0.717, 1.165) is 11.3 Å². The van der Waals surface area contributed by atoms with E-state index in [2.05, 4.69) is 37.9 Å². The summed E-state index contributed by atoms with van der Waals surface area (Å²) in [7, 11) is 0. The van der Waals surface area contributed by atoms with E-state index in [-0.39, 0.29) is 11.3 Å². The predicted octanol–water partition coefficient (Wildman–Crippen LogP) is 3.76. The summed E-state index contributed by atoms with van der Waals surface area (Å²) in [5.74, 6) is 1.35. The van der Waals surface area contributed by atoms with Gasteiger partial charge in [0.05, 0.1) is 0 Å². The summed E-state index contributed by atoms with van der Waals surface area (Å²) in [6.07, 6.45) is 1.59. The lowest BCUT2D eigenvalue weighted by molar-refractivity contribution is 0.476. The Labute approximate surface area is 125 Å². The maximum absolute atomic E-state index is 7.41. The summed E-state index contributed by atoms with van der Waals surface area (Å²) < 4.78 is 5.88. The molecule has 0 atom stereocenters. The van der Waals surface area contributed by atoms with E-state index in [1.807, 2.05) is 13.0 Å². The summed E-state index contributed by atoms with van der Waals surface area (Å²) in [5, 5.41) is 7.41. The minimum absolute atomic E-state index is 0.0692. The Morgan fingerprint density at radius 1 is 1.19 bits per heavy atom. The van der Waals surface area contributed by atoms with E-state index in [1.165, 1.54) is 5.56 Å². The number of nitrogens with two attached hydrogens (primary N) is 1. The minimum Gasteiger partial charge on any atom is -0.457 e. The molecule has 3 N–H and O–H groups in total. The van der Waals surface area contributed by atoms with Crippen LogP contribution in [0.2, 0.25) is 0 Å². The first-order valence-corrected chi connectivity index (χ1v) is 6.87. The molecule has 0 saturated heterocycles. The van der Waals surface area contributed by atoms with Crippen LogP contribution in [0.25, 0.3) is 0 Å². The van der Waals surface area contributed by atoms with Crippen LogP contribution in [0.4, 0.5) is 0 Å². The smallest absolute Gasteiger partial charge is 0.141 e. The molecule has 110 valence electrons. The molecule has 0 spiro atoms. The van der Waals surface area contributed by atoms with Gasteiger partial charge in [0, 0.05) is 12.3 Å². The van der Waals surface area contributed by atoms with E-state index in [9.17, 15) is 0 Å². The third-order valence-corrected chi connectivity index (χ3v) is 3.28. The molecule has 0 aliphatic carbocycles. The average molecular weight is 283 g/mol. The molecular weight excluding hydrogens is 262 g/mol. The highest BCUT2D eigenvalue weighted by atomic mass is 16.5. The van der Waals surface area contributed by atoms with Crippen molar-refractivity contribution in [2.45, 2.75) is 33.1 Å². The second-order valence-corrected chi connectivity index (χ2v) is 6.12. The van der Waals surface area contributed by atoms with Crippen LogP contribution in [0.15, 0.2) is 36.5 Å². The van der Waals surface area contributed by atoms with Gasteiger partial charge in [0.25, 0.3) is 0 Å². The zero-order chi connectivity index (χ0) is 15.6. The summed E-state index contributed by atoms with van der Waals surface area (Å²) in [5.41, 5.74) is 8.31. The summed E-state index contributed by atoms with van der Waals surface area (Å²) in [6, 6.07) is 9.62. The van der Waals surface area contributed by atoms with Crippen molar-refractivity contribution in [1.82, 2.24) is 4.98 Å². The maximum Gasteiger partial charge on any atom is 0.141 e. The number of hydrogen-bond acceptors (Lipinski definition) is 3. The molecule has 0 saturated carbocycles. The normalized spacial score (nSPS) is 11.2. The molecule has 0 fully saturated rings. The van der Waals surface area contributed by atoms with Crippen LogP contribution >= 0.6 is 0 Å². The van der Waals surface area contributed by atoms with Crippen molar-refractivity contribution in [2.75, 3.05) is 0 Å². The zero-order valence-electron chi connectivity index (χ0n) is 12.9. The zero-order valence-corrected chi connectivity index (χ0v) is 12.9. The van der Waals surface area contributed by atoms with Crippen molar-refractivity contribution in [1.29, 1.82) is 5.41 Å². The molecule has 4 nitrogen and oxygen atoms in total. The molecule has 1 aromatic carbocycles. The first-order chi connectivity index (χ1) is 9.77. The quantitative estimate of drug-likeness (QED) is 0.665. The Morgan fingerprint density at radius 3 is 2.48 bits per heavy atom.